The van der Waals surface area contributed by atoms with Crippen molar-refractivity contribution in [1.29, 1.82) is 0 Å². The van der Waals surface area contributed by atoms with Crippen LogP contribution in [0.2, 0.25) is 0 Å². The molecule has 2 aromatic rings. The summed E-state index contributed by atoms with van der Waals surface area (Å²) in [6.45, 7) is 1.96. The molecule has 0 aliphatic rings. The molecule has 2 rings (SSSR count). The highest BCUT2D eigenvalue weighted by molar-refractivity contribution is 6.23. The maximum atomic E-state index is 11.0. The van der Waals surface area contributed by atoms with Crippen molar-refractivity contribution in [2.24, 2.45) is 4.99 Å². The van der Waals surface area contributed by atoms with Crippen molar-refractivity contribution in [2.75, 3.05) is 7.11 Å². The van der Waals surface area contributed by atoms with Gasteiger partial charge in [0.1, 0.15) is 6.21 Å². The summed E-state index contributed by atoms with van der Waals surface area (Å²) in [5, 5.41) is 2.34. The van der Waals surface area contributed by atoms with Crippen molar-refractivity contribution in [3.63, 3.8) is 0 Å². The van der Waals surface area contributed by atoms with Crippen LogP contribution in [0.15, 0.2) is 47.5 Å². The lowest BCUT2D eigenvalue weighted by Gasteiger charge is -2.10. The first-order valence-corrected chi connectivity index (χ1v) is 5.81. The standard InChI is InChI=1S/C15H15NO2/c1-11(16-10-15(17)18-2)13-9-5-7-12-6-3-4-8-14(12)13/h3-11H,1-2H3. The van der Waals surface area contributed by atoms with Crippen molar-refractivity contribution in [3.8, 4) is 0 Å². The molecule has 3 nitrogen and oxygen atoms in total. The molecule has 0 aromatic heterocycles. The molecular weight excluding hydrogens is 226 g/mol. The number of carbonyl (C=O) groups is 1. The summed E-state index contributed by atoms with van der Waals surface area (Å²) in [4.78, 5) is 15.3. The maximum Gasteiger partial charge on any atom is 0.348 e. The van der Waals surface area contributed by atoms with Crippen LogP contribution in [0, 0.1) is 0 Å². The minimum atomic E-state index is -0.429. The molecule has 1 atom stereocenters. The first kappa shape index (κ1) is 12.3. The number of nitrogens with zero attached hydrogens (tertiary/aromatic N) is 1. The largest absolute Gasteiger partial charge is 0.465 e. The molecule has 0 amide bonds. The van der Waals surface area contributed by atoms with E-state index in [1.165, 1.54) is 18.7 Å². The molecule has 0 aliphatic carbocycles. The summed E-state index contributed by atoms with van der Waals surface area (Å²) in [7, 11) is 1.34. The zero-order chi connectivity index (χ0) is 13.0. The quantitative estimate of drug-likeness (QED) is 0.611. The second kappa shape index (κ2) is 5.45. The molecule has 18 heavy (non-hydrogen) atoms. The summed E-state index contributed by atoms with van der Waals surface area (Å²) >= 11 is 0. The molecule has 0 heterocycles. The molecule has 92 valence electrons. The molecule has 0 N–H and O–H groups in total. The second-order valence-electron chi connectivity index (χ2n) is 4.05. The zero-order valence-corrected chi connectivity index (χ0v) is 10.5. The van der Waals surface area contributed by atoms with Crippen molar-refractivity contribution in [2.45, 2.75) is 13.0 Å². The van der Waals surface area contributed by atoms with Crippen molar-refractivity contribution < 1.29 is 9.53 Å². The Bertz CT molecular complexity index is 585. The monoisotopic (exact) mass is 241 g/mol. The van der Waals surface area contributed by atoms with Gasteiger partial charge in [-0.05, 0) is 23.3 Å². The summed E-state index contributed by atoms with van der Waals surface area (Å²) in [5.74, 6) is -0.429. The lowest BCUT2D eigenvalue weighted by Crippen LogP contribution is -2.02. The topological polar surface area (TPSA) is 38.7 Å². The SMILES string of the molecule is COC(=O)C=NC(C)c1cccc2ccccc12. The minimum Gasteiger partial charge on any atom is -0.465 e. The Labute approximate surface area is 106 Å². The molecular formula is C15H15NO2. The molecule has 0 aliphatic heterocycles. The van der Waals surface area contributed by atoms with Gasteiger partial charge in [-0.3, -0.25) is 4.99 Å². The van der Waals surface area contributed by atoms with E-state index in [-0.39, 0.29) is 6.04 Å². The third-order valence-electron chi connectivity index (χ3n) is 2.88. The first-order valence-electron chi connectivity index (χ1n) is 5.81. The van der Waals surface area contributed by atoms with Crippen molar-refractivity contribution >= 4 is 23.0 Å². The number of hydrogen-bond acceptors (Lipinski definition) is 3. The van der Waals surface area contributed by atoms with E-state index in [0.29, 0.717) is 0 Å². The van der Waals surface area contributed by atoms with Gasteiger partial charge in [-0.2, -0.15) is 0 Å². The molecule has 0 saturated heterocycles. The van der Waals surface area contributed by atoms with Crippen LogP contribution >= 0.6 is 0 Å². The van der Waals surface area contributed by atoms with Crippen LogP contribution in [-0.4, -0.2) is 19.3 Å². The number of methoxy groups -OCH3 is 1. The van der Waals surface area contributed by atoms with Gasteiger partial charge in [0, 0.05) is 0 Å². The lowest BCUT2D eigenvalue weighted by molar-refractivity contribution is -0.132. The van der Waals surface area contributed by atoms with Crippen LogP contribution in [0.1, 0.15) is 18.5 Å². The molecule has 0 radical (unpaired) electrons. The molecule has 0 fully saturated rings. The number of hydrogen-bond donors (Lipinski definition) is 0. The number of ether oxygens (including phenoxy) is 1. The zero-order valence-electron chi connectivity index (χ0n) is 10.5. The number of fused-ring (bicyclic) bond motifs is 1. The number of carbonyl (C=O) groups excluding carboxylic acids is 1. The normalized spacial score (nSPS) is 12.8. The molecule has 0 bridgehead atoms. The fourth-order valence-corrected chi connectivity index (χ4v) is 1.92. The predicted octanol–water partition coefficient (Wildman–Crippen LogP) is 3.14. The summed E-state index contributed by atoms with van der Waals surface area (Å²) in [6, 6.07) is 14.2. The average Bonchev–Trinajstić information content (AvgIpc) is 2.43. The van der Waals surface area contributed by atoms with Crippen LogP contribution in [0.5, 0.6) is 0 Å². The second-order valence-corrected chi connectivity index (χ2v) is 4.05. The Hall–Kier alpha value is -2.16. The molecule has 0 saturated carbocycles. The fraction of sp³-hybridized carbons (Fsp3) is 0.200. The van der Waals surface area contributed by atoms with Crippen molar-refractivity contribution in [3.05, 3.63) is 48.0 Å². The van der Waals surface area contributed by atoms with Gasteiger partial charge in [-0.25, -0.2) is 4.79 Å². The van der Waals surface area contributed by atoms with Gasteiger partial charge < -0.3 is 4.74 Å². The fourth-order valence-electron chi connectivity index (χ4n) is 1.92. The number of esters is 1. The van der Waals surface area contributed by atoms with E-state index >= 15 is 0 Å². The van der Waals surface area contributed by atoms with E-state index in [1.54, 1.807) is 0 Å². The van der Waals surface area contributed by atoms with E-state index < -0.39 is 5.97 Å². The van der Waals surface area contributed by atoms with Gasteiger partial charge in [0.15, 0.2) is 0 Å². The Morgan fingerprint density at radius 2 is 1.94 bits per heavy atom. The summed E-state index contributed by atoms with van der Waals surface area (Å²) in [6.07, 6.45) is 1.23. The molecule has 2 aromatic carbocycles. The summed E-state index contributed by atoms with van der Waals surface area (Å²) in [5.41, 5.74) is 1.10. The lowest BCUT2D eigenvalue weighted by atomic mass is 10.0. The van der Waals surface area contributed by atoms with Crippen LogP contribution in [0.3, 0.4) is 0 Å². The van der Waals surface area contributed by atoms with Gasteiger partial charge in [0.05, 0.1) is 13.2 Å². The predicted molar refractivity (Wildman–Crippen MR) is 72.9 cm³/mol. The first-order chi connectivity index (χ1) is 8.72. The van der Waals surface area contributed by atoms with Gasteiger partial charge in [-0.15, -0.1) is 0 Å². The maximum absolute atomic E-state index is 11.0. The van der Waals surface area contributed by atoms with E-state index in [0.717, 1.165) is 10.9 Å². The Morgan fingerprint density at radius 3 is 2.72 bits per heavy atom. The van der Waals surface area contributed by atoms with E-state index in [2.05, 4.69) is 27.9 Å². The minimum absolute atomic E-state index is 0.0739. The van der Waals surface area contributed by atoms with Crippen LogP contribution in [-0.2, 0) is 9.53 Å². The number of benzene rings is 2. The Kier molecular flexibility index (Phi) is 3.72. The molecule has 3 heteroatoms. The number of aliphatic imine (C=N–C) groups is 1. The van der Waals surface area contributed by atoms with Gasteiger partial charge in [0.25, 0.3) is 0 Å². The Morgan fingerprint density at radius 1 is 1.22 bits per heavy atom. The van der Waals surface area contributed by atoms with Gasteiger partial charge >= 0.3 is 5.97 Å². The number of rotatable bonds is 3. The average molecular weight is 241 g/mol. The van der Waals surface area contributed by atoms with E-state index in [1.807, 2.05) is 31.2 Å². The van der Waals surface area contributed by atoms with Crippen LogP contribution in [0.4, 0.5) is 0 Å². The Balaban J connectivity index is 2.36. The van der Waals surface area contributed by atoms with Crippen molar-refractivity contribution in [1.82, 2.24) is 0 Å². The van der Waals surface area contributed by atoms with E-state index in [9.17, 15) is 4.79 Å². The summed E-state index contributed by atoms with van der Waals surface area (Å²) < 4.78 is 4.54. The van der Waals surface area contributed by atoms with E-state index in [4.69, 9.17) is 0 Å². The van der Waals surface area contributed by atoms with Gasteiger partial charge in [0.2, 0.25) is 0 Å². The third-order valence-corrected chi connectivity index (χ3v) is 2.88. The molecule has 0 spiro atoms. The smallest absolute Gasteiger partial charge is 0.348 e. The van der Waals surface area contributed by atoms with Crippen LogP contribution in [0.25, 0.3) is 10.8 Å². The van der Waals surface area contributed by atoms with Crippen LogP contribution < -0.4 is 0 Å². The highest BCUT2D eigenvalue weighted by atomic mass is 16.5. The van der Waals surface area contributed by atoms with Gasteiger partial charge in [-0.1, -0.05) is 42.5 Å². The molecule has 1 unspecified atom stereocenters. The highest BCUT2D eigenvalue weighted by Crippen LogP contribution is 2.25. The third kappa shape index (κ3) is 2.56. The highest BCUT2D eigenvalue weighted by Gasteiger charge is 2.07.